The molecule has 1 rings (SSSR count). The molecule has 0 atom stereocenters. The van der Waals surface area contributed by atoms with Gasteiger partial charge in [0.25, 0.3) is 0 Å². The van der Waals surface area contributed by atoms with Crippen LogP contribution in [-0.2, 0) is 11.2 Å². The van der Waals surface area contributed by atoms with E-state index in [-0.39, 0.29) is 5.91 Å². The summed E-state index contributed by atoms with van der Waals surface area (Å²) in [4.78, 5) is 15.1. The molecule has 0 spiro atoms. The maximum Gasteiger partial charge on any atom is 0.221 e. The van der Waals surface area contributed by atoms with Gasteiger partial charge in [-0.1, -0.05) is 6.92 Å². The SMILES string of the molecule is CCc1nsc(NCCC(=O)NC)n1. The zero-order valence-electron chi connectivity index (χ0n) is 8.33. The second-order valence-electron chi connectivity index (χ2n) is 2.72. The van der Waals surface area contributed by atoms with Crippen molar-refractivity contribution in [2.24, 2.45) is 0 Å². The van der Waals surface area contributed by atoms with Crippen LogP contribution in [0.2, 0.25) is 0 Å². The lowest BCUT2D eigenvalue weighted by atomic mass is 10.4. The average molecular weight is 214 g/mol. The standard InChI is InChI=1S/C8H14N4OS/c1-3-6-11-8(14-12-6)10-5-4-7(13)9-2/h3-5H2,1-2H3,(H,9,13)(H,10,11,12). The minimum atomic E-state index is 0.0257. The quantitative estimate of drug-likeness (QED) is 0.755. The fraction of sp³-hybridized carbons (Fsp3) is 0.625. The predicted octanol–water partition coefficient (Wildman–Crippen LogP) is 0.648. The van der Waals surface area contributed by atoms with E-state index in [0.717, 1.165) is 17.4 Å². The summed E-state index contributed by atoms with van der Waals surface area (Å²) in [5, 5.41) is 6.39. The van der Waals surface area contributed by atoms with Crippen LogP contribution in [0.15, 0.2) is 0 Å². The van der Waals surface area contributed by atoms with Crippen LogP contribution in [0.25, 0.3) is 0 Å². The third-order valence-corrected chi connectivity index (χ3v) is 2.40. The molecule has 78 valence electrons. The normalized spacial score (nSPS) is 9.86. The molecule has 1 amide bonds. The summed E-state index contributed by atoms with van der Waals surface area (Å²) >= 11 is 1.33. The lowest BCUT2D eigenvalue weighted by Gasteiger charge is -2.00. The van der Waals surface area contributed by atoms with Crippen molar-refractivity contribution in [1.29, 1.82) is 0 Å². The van der Waals surface area contributed by atoms with E-state index in [9.17, 15) is 4.79 Å². The molecule has 0 aromatic carbocycles. The van der Waals surface area contributed by atoms with E-state index < -0.39 is 0 Å². The molecule has 0 bridgehead atoms. The number of carbonyl (C=O) groups excluding carboxylic acids is 1. The molecule has 0 aliphatic carbocycles. The number of nitrogens with one attached hydrogen (secondary N) is 2. The van der Waals surface area contributed by atoms with Crippen molar-refractivity contribution in [2.75, 3.05) is 18.9 Å². The number of aromatic nitrogens is 2. The largest absolute Gasteiger partial charge is 0.360 e. The van der Waals surface area contributed by atoms with Crippen LogP contribution in [0, 0.1) is 0 Å². The third kappa shape index (κ3) is 3.29. The van der Waals surface area contributed by atoms with Crippen LogP contribution < -0.4 is 10.6 Å². The van der Waals surface area contributed by atoms with Crippen molar-refractivity contribution in [3.05, 3.63) is 5.82 Å². The smallest absolute Gasteiger partial charge is 0.221 e. The molecule has 6 heteroatoms. The Hall–Kier alpha value is -1.17. The molecule has 0 aliphatic rings. The number of nitrogens with zero attached hydrogens (tertiary/aromatic N) is 2. The number of rotatable bonds is 5. The summed E-state index contributed by atoms with van der Waals surface area (Å²) in [6, 6.07) is 0. The van der Waals surface area contributed by atoms with Gasteiger partial charge >= 0.3 is 0 Å². The zero-order valence-corrected chi connectivity index (χ0v) is 9.15. The summed E-state index contributed by atoms with van der Waals surface area (Å²) in [5.74, 6) is 0.871. The Morgan fingerprint density at radius 3 is 2.93 bits per heavy atom. The molecule has 5 nitrogen and oxygen atoms in total. The first kappa shape index (κ1) is 10.9. The van der Waals surface area contributed by atoms with E-state index in [1.165, 1.54) is 11.5 Å². The topological polar surface area (TPSA) is 66.9 Å². The minimum Gasteiger partial charge on any atom is -0.360 e. The Labute approximate surface area is 87.1 Å². The van der Waals surface area contributed by atoms with E-state index in [1.54, 1.807) is 7.05 Å². The highest BCUT2D eigenvalue weighted by atomic mass is 32.1. The Balaban J connectivity index is 2.27. The Morgan fingerprint density at radius 1 is 1.57 bits per heavy atom. The highest BCUT2D eigenvalue weighted by Crippen LogP contribution is 2.10. The second-order valence-corrected chi connectivity index (χ2v) is 3.47. The molecule has 0 radical (unpaired) electrons. The predicted molar refractivity (Wildman–Crippen MR) is 56.5 cm³/mol. The summed E-state index contributed by atoms with van der Waals surface area (Å²) in [7, 11) is 1.63. The van der Waals surface area contributed by atoms with Crippen LogP contribution >= 0.6 is 11.5 Å². The van der Waals surface area contributed by atoms with E-state index in [2.05, 4.69) is 20.0 Å². The number of carbonyl (C=O) groups is 1. The number of hydrogen-bond donors (Lipinski definition) is 2. The summed E-state index contributed by atoms with van der Waals surface area (Å²) in [6.45, 7) is 2.61. The second kappa shape index (κ2) is 5.54. The van der Waals surface area contributed by atoms with Gasteiger partial charge in [0.15, 0.2) is 0 Å². The Bertz CT molecular complexity index is 299. The molecule has 0 saturated heterocycles. The molecule has 1 heterocycles. The van der Waals surface area contributed by atoms with Crippen molar-refractivity contribution in [3.63, 3.8) is 0 Å². The molecule has 0 fully saturated rings. The van der Waals surface area contributed by atoms with Crippen molar-refractivity contribution in [3.8, 4) is 0 Å². The maximum atomic E-state index is 10.9. The van der Waals surface area contributed by atoms with Gasteiger partial charge in [-0.05, 0) is 0 Å². The van der Waals surface area contributed by atoms with E-state index in [0.29, 0.717) is 13.0 Å². The summed E-state index contributed by atoms with van der Waals surface area (Å²) in [6.07, 6.45) is 1.30. The Kier molecular flexibility index (Phi) is 4.31. The van der Waals surface area contributed by atoms with Crippen LogP contribution in [0.3, 0.4) is 0 Å². The average Bonchev–Trinajstić information content (AvgIpc) is 2.65. The number of anilines is 1. The lowest BCUT2D eigenvalue weighted by molar-refractivity contribution is -0.120. The van der Waals surface area contributed by atoms with Gasteiger partial charge < -0.3 is 10.6 Å². The van der Waals surface area contributed by atoms with Crippen LogP contribution in [0.4, 0.5) is 5.13 Å². The molecule has 1 aromatic rings. The zero-order chi connectivity index (χ0) is 10.4. The van der Waals surface area contributed by atoms with Crippen LogP contribution in [-0.4, -0.2) is 28.9 Å². The lowest BCUT2D eigenvalue weighted by Crippen LogP contribution is -2.20. The minimum absolute atomic E-state index is 0.0257. The molecule has 1 aromatic heterocycles. The summed E-state index contributed by atoms with van der Waals surface area (Å²) < 4.78 is 4.12. The van der Waals surface area contributed by atoms with Gasteiger partial charge in [0.2, 0.25) is 11.0 Å². The monoisotopic (exact) mass is 214 g/mol. The van der Waals surface area contributed by atoms with Crippen molar-refractivity contribution < 1.29 is 4.79 Å². The molecular weight excluding hydrogens is 200 g/mol. The molecule has 0 aliphatic heterocycles. The van der Waals surface area contributed by atoms with Gasteiger partial charge in [0.1, 0.15) is 5.82 Å². The van der Waals surface area contributed by atoms with Gasteiger partial charge in [0, 0.05) is 38.0 Å². The molecule has 0 saturated carbocycles. The number of aryl methyl sites for hydroxylation is 1. The van der Waals surface area contributed by atoms with E-state index in [1.807, 2.05) is 6.92 Å². The molecule has 14 heavy (non-hydrogen) atoms. The van der Waals surface area contributed by atoms with E-state index >= 15 is 0 Å². The fourth-order valence-corrected chi connectivity index (χ4v) is 1.55. The fourth-order valence-electron chi connectivity index (χ4n) is 0.877. The maximum absolute atomic E-state index is 10.9. The third-order valence-electron chi connectivity index (χ3n) is 1.69. The van der Waals surface area contributed by atoms with Crippen molar-refractivity contribution >= 4 is 22.6 Å². The number of amides is 1. The van der Waals surface area contributed by atoms with Crippen molar-refractivity contribution in [2.45, 2.75) is 19.8 Å². The first-order valence-electron chi connectivity index (χ1n) is 4.53. The molecular formula is C8H14N4OS. The van der Waals surface area contributed by atoms with E-state index in [4.69, 9.17) is 0 Å². The first-order chi connectivity index (χ1) is 6.76. The van der Waals surface area contributed by atoms with Gasteiger partial charge in [-0.15, -0.1) is 0 Å². The van der Waals surface area contributed by atoms with Crippen LogP contribution in [0.1, 0.15) is 19.2 Å². The van der Waals surface area contributed by atoms with Gasteiger partial charge in [-0.2, -0.15) is 4.37 Å². The van der Waals surface area contributed by atoms with Crippen molar-refractivity contribution in [1.82, 2.24) is 14.7 Å². The van der Waals surface area contributed by atoms with Gasteiger partial charge in [0.05, 0.1) is 0 Å². The molecule has 0 unspecified atom stereocenters. The first-order valence-corrected chi connectivity index (χ1v) is 5.30. The highest BCUT2D eigenvalue weighted by molar-refractivity contribution is 7.09. The van der Waals surface area contributed by atoms with Gasteiger partial charge in [-0.25, -0.2) is 4.98 Å². The highest BCUT2D eigenvalue weighted by Gasteiger charge is 2.02. The summed E-state index contributed by atoms with van der Waals surface area (Å²) in [5.41, 5.74) is 0. The van der Waals surface area contributed by atoms with Crippen LogP contribution in [0.5, 0.6) is 0 Å². The van der Waals surface area contributed by atoms with Gasteiger partial charge in [-0.3, -0.25) is 4.79 Å². The number of hydrogen-bond acceptors (Lipinski definition) is 5. The Morgan fingerprint density at radius 2 is 2.36 bits per heavy atom. The molecule has 2 N–H and O–H groups in total.